The van der Waals surface area contributed by atoms with Crippen LogP contribution in [0.2, 0.25) is 0 Å². The van der Waals surface area contributed by atoms with Gasteiger partial charge in [0, 0.05) is 30.5 Å². The van der Waals surface area contributed by atoms with Gasteiger partial charge in [-0.2, -0.15) is 0 Å². The summed E-state index contributed by atoms with van der Waals surface area (Å²) in [5.74, 6) is 0.949. The molecule has 0 unspecified atom stereocenters. The molecule has 0 atom stereocenters. The zero-order valence-corrected chi connectivity index (χ0v) is 16.8. The number of hydrogen-bond donors (Lipinski definition) is 2. The van der Waals surface area contributed by atoms with E-state index in [4.69, 9.17) is 4.74 Å². The van der Waals surface area contributed by atoms with Crippen molar-refractivity contribution in [3.63, 3.8) is 0 Å². The van der Waals surface area contributed by atoms with Crippen molar-refractivity contribution in [1.82, 2.24) is 0 Å². The van der Waals surface area contributed by atoms with Crippen LogP contribution in [-0.4, -0.2) is 19.7 Å². The van der Waals surface area contributed by atoms with Gasteiger partial charge < -0.3 is 15.4 Å². The van der Waals surface area contributed by atoms with Crippen molar-refractivity contribution in [2.75, 3.05) is 30.3 Å². The fraction of sp³-hybridized carbons (Fsp3) is 0.478. The lowest BCUT2D eigenvalue weighted by atomic mass is 10.1. The third kappa shape index (κ3) is 6.62. The van der Waals surface area contributed by atoms with Crippen LogP contribution in [-0.2, 0) is 0 Å². The SMILES string of the molecule is CCCCCCOc1cccc(NCCNc2c(C)cc(C)cc2C)c1. The van der Waals surface area contributed by atoms with Crippen LogP contribution in [0.5, 0.6) is 5.75 Å². The van der Waals surface area contributed by atoms with E-state index in [1.807, 2.05) is 12.1 Å². The van der Waals surface area contributed by atoms with Gasteiger partial charge >= 0.3 is 0 Å². The highest BCUT2D eigenvalue weighted by Gasteiger charge is 2.03. The number of hydrogen-bond acceptors (Lipinski definition) is 3. The molecule has 0 bridgehead atoms. The molecule has 3 heteroatoms. The first-order valence-electron chi connectivity index (χ1n) is 9.88. The van der Waals surface area contributed by atoms with E-state index in [0.717, 1.165) is 37.6 Å². The van der Waals surface area contributed by atoms with Gasteiger partial charge in [0.25, 0.3) is 0 Å². The maximum atomic E-state index is 5.86. The molecular formula is C23H34N2O. The average molecular weight is 355 g/mol. The van der Waals surface area contributed by atoms with Crippen molar-refractivity contribution in [3.05, 3.63) is 53.1 Å². The first-order chi connectivity index (χ1) is 12.6. The van der Waals surface area contributed by atoms with Crippen molar-refractivity contribution >= 4 is 11.4 Å². The minimum Gasteiger partial charge on any atom is -0.494 e. The molecule has 2 aromatic carbocycles. The van der Waals surface area contributed by atoms with E-state index >= 15 is 0 Å². The molecule has 0 aliphatic rings. The lowest BCUT2D eigenvalue weighted by Crippen LogP contribution is -2.15. The van der Waals surface area contributed by atoms with Gasteiger partial charge in [-0.1, -0.05) is 49.9 Å². The summed E-state index contributed by atoms with van der Waals surface area (Å²) in [6.07, 6.45) is 4.93. The molecule has 0 spiro atoms. The number of rotatable bonds is 11. The van der Waals surface area contributed by atoms with Crippen LogP contribution in [0.4, 0.5) is 11.4 Å². The largest absolute Gasteiger partial charge is 0.494 e. The van der Waals surface area contributed by atoms with Crippen molar-refractivity contribution in [2.45, 2.75) is 53.4 Å². The molecule has 2 N–H and O–H groups in total. The molecule has 0 heterocycles. The molecule has 0 fully saturated rings. The minimum atomic E-state index is 0.803. The molecular weight excluding hydrogens is 320 g/mol. The second kappa shape index (κ2) is 10.7. The molecule has 0 amide bonds. The highest BCUT2D eigenvalue weighted by molar-refractivity contribution is 5.58. The lowest BCUT2D eigenvalue weighted by molar-refractivity contribution is 0.305. The first-order valence-corrected chi connectivity index (χ1v) is 9.88. The number of unbranched alkanes of at least 4 members (excludes halogenated alkanes) is 3. The summed E-state index contributed by atoms with van der Waals surface area (Å²) in [4.78, 5) is 0. The zero-order valence-electron chi connectivity index (χ0n) is 16.8. The van der Waals surface area contributed by atoms with Crippen LogP contribution >= 0.6 is 0 Å². The van der Waals surface area contributed by atoms with Crippen molar-refractivity contribution in [3.8, 4) is 5.75 Å². The standard InChI is InChI=1S/C23H34N2O/c1-5-6-7-8-14-26-22-11-9-10-21(17-22)24-12-13-25-23-19(3)15-18(2)16-20(23)4/h9-11,15-17,24-25H,5-8,12-14H2,1-4H3. The van der Waals surface area contributed by atoms with E-state index in [-0.39, 0.29) is 0 Å². The fourth-order valence-corrected chi connectivity index (χ4v) is 3.27. The van der Waals surface area contributed by atoms with Gasteiger partial charge in [-0.05, 0) is 50.5 Å². The summed E-state index contributed by atoms with van der Waals surface area (Å²) < 4.78 is 5.86. The van der Waals surface area contributed by atoms with E-state index in [9.17, 15) is 0 Å². The van der Waals surface area contributed by atoms with Gasteiger partial charge in [-0.3, -0.25) is 0 Å². The summed E-state index contributed by atoms with van der Waals surface area (Å²) in [5, 5.41) is 7.03. The van der Waals surface area contributed by atoms with Gasteiger partial charge in [0.15, 0.2) is 0 Å². The summed E-state index contributed by atoms with van der Waals surface area (Å²) in [5.41, 5.74) is 6.29. The van der Waals surface area contributed by atoms with Crippen LogP contribution in [0.15, 0.2) is 36.4 Å². The molecule has 2 rings (SSSR count). The first kappa shape index (κ1) is 20.2. The van der Waals surface area contributed by atoms with Crippen LogP contribution in [0.25, 0.3) is 0 Å². The van der Waals surface area contributed by atoms with E-state index in [0.29, 0.717) is 0 Å². The van der Waals surface area contributed by atoms with E-state index < -0.39 is 0 Å². The molecule has 0 aliphatic heterocycles. The van der Waals surface area contributed by atoms with E-state index in [1.54, 1.807) is 0 Å². The zero-order chi connectivity index (χ0) is 18.8. The number of nitrogens with one attached hydrogen (secondary N) is 2. The van der Waals surface area contributed by atoms with E-state index in [2.05, 4.69) is 62.6 Å². The Morgan fingerprint density at radius 1 is 0.846 bits per heavy atom. The highest BCUT2D eigenvalue weighted by Crippen LogP contribution is 2.22. The summed E-state index contributed by atoms with van der Waals surface area (Å²) in [7, 11) is 0. The number of anilines is 2. The molecule has 0 aromatic heterocycles. The van der Waals surface area contributed by atoms with Crippen molar-refractivity contribution in [1.29, 1.82) is 0 Å². The lowest BCUT2D eigenvalue weighted by Gasteiger charge is -2.15. The number of aryl methyl sites for hydroxylation is 3. The Kier molecular flexibility index (Phi) is 8.33. The molecule has 0 radical (unpaired) electrons. The van der Waals surface area contributed by atoms with Crippen LogP contribution in [0, 0.1) is 20.8 Å². The van der Waals surface area contributed by atoms with Crippen LogP contribution < -0.4 is 15.4 Å². The van der Waals surface area contributed by atoms with Crippen LogP contribution in [0.3, 0.4) is 0 Å². The molecule has 0 aliphatic carbocycles. The Bertz CT molecular complexity index is 659. The monoisotopic (exact) mass is 354 g/mol. The Labute approximate surface area is 159 Å². The van der Waals surface area contributed by atoms with E-state index in [1.165, 1.54) is 41.6 Å². The Morgan fingerprint density at radius 3 is 2.31 bits per heavy atom. The maximum absolute atomic E-state index is 5.86. The number of benzene rings is 2. The quantitative estimate of drug-likeness (QED) is 0.479. The summed E-state index contributed by atoms with van der Waals surface area (Å²) in [6, 6.07) is 12.7. The normalized spacial score (nSPS) is 10.6. The summed E-state index contributed by atoms with van der Waals surface area (Å²) >= 11 is 0. The average Bonchev–Trinajstić information content (AvgIpc) is 2.60. The molecule has 0 saturated heterocycles. The Hall–Kier alpha value is -2.16. The van der Waals surface area contributed by atoms with Crippen molar-refractivity contribution < 1.29 is 4.74 Å². The molecule has 26 heavy (non-hydrogen) atoms. The Morgan fingerprint density at radius 2 is 1.58 bits per heavy atom. The molecule has 0 saturated carbocycles. The van der Waals surface area contributed by atoms with Gasteiger partial charge in [0.2, 0.25) is 0 Å². The topological polar surface area (TPSA) is 33.3 Å². The predicted molar refractivity (Wildman–Crippen MR) is 114 cm³/mol. The summed E-state index contributed by atoms with van der Waals surface area (Å²) in [6.45, 7) is 11.3. The fourth-order valence-electron chi connectivity index (χ4n) is 3.27. The Balaban J connectivity index is 1.75. The van der Waals surface area contributed by atoms with Crippen molar-refractivity contribution in [2.24, 2.45) is 0 Å². The maximum Gasteiger partial charge on any atom is 0.121 e. The second-order valence-electron chi connectivity index (χ2n) is 7.06. The minimum absolute atomic E-state index is 0.803. The van der Waals surface area contributed by atoms with Gasteiger partial charge in [0.05, 0.1) is 6.61 Å². The van der Waals surface area contributed by atoms with Gasteiger partial charge in [0.1, 0.15) is 5.75 Å². The van der Waals surface area contributed by atoms with Crippen LogP contribution in [0.1, 0.15) is 49.3 Å². The van der Waals surface area contributed by atoms with Gasteiger partial charge in [-0.15, -0.1) is 0 Å². The number of ether oxygens (including phenoxy) is 1. The third-order valence-electron chi connectivity index (χ3n) is 4.53. The predicted octanol–water partition coefficient (Wildman–Crippen LogP) is 6.09. The molecule has 3 nitrogen and oxygen atoms in total. The smallest absolute Gasteiger partial charge is 0.121 e. The molecule has 142 valence electrons. The van der Waals surface area contributed by atoms with Gasteiger partial charge in [-0.25, -0.2) is 0 Å². The second-order valence-corrected chi connectivity index (χ2v) is 7.06. The molecule has 2 aromatic rings. The third-order valence-corrected chi connectivity index (χ3v) is 4.53. The highest BCUT2D eigenvalue weighted by atomic mass is 16.5.